The van der Waals surface area contributed by atoms with E-state index in [2.05, 4.69) is 83.0 Å². The molecule has 0 saturated heterocycles. The largest absolute Gasteiger partial charge is 0.347 e. The van der Waals surface area contributed by atoms with Gasteiger partial charge in [-0.15, -0.1) is 0 Å². The fourth-order valence-electron chi connectivity index (χ4n) is 5.07. The predicted octanol–water partition coefficient (Wildman–Crippen LogP) is 8.15. The molecule has 38 heavy (non-hydrogen) atoms. The molecule has 0 saturated carbocycles. The Kier molecular flexibility index (Phi) is 9.97. The van der Waals surface area contributed by atoms with E-state index in [1.807, 2.05) is 30.1 Å². The van der Waals surface area contributed by atoms with Crippen LogP contribution in [0, 0.1) is 0 Å². The van der Waals surface area contributed by atoms with Gasteiger partial charge in [-0.05, 0) is 67.3 Å². The first-order chi connectivity index (χ1) is 18.6. The average Bonchev–Trinajstić information content (AvgIpc) is 3.32. The minimum absolute atomic E-state index is 0.190. The van der Waals surface area contributed by atoms with E-state index in [9.17, 15) is 4.79 Å². The van der Waals surface area contributed by atoms with Crippen LogP contribution in [-0.4, -0.2) is 29.1 Å². The maximum absolute atomic E-state index is 13.6. The second kappa shape index (κ2) is 13.8. The molecule has 0 fully saturated rings. The van der Waals surface area contributed by atoms with E-state index in [1.54, 1.807) is 6.20 Å². The van der Waals surface area contributed by atoms with E-state index >= 15 is 0 Å². The zero-order chi connectivity index (χ0) is 26.7. The molecule has 0 aliphatic carbocycles. The molecular formula is C33H42N4O. The second-order valence-corrected chi connectivity index (χ2v) is 10.1. The van der Waals surface area contributed by atoms with E-state index in [0.717, 1.165) is 56.0 Å². The zero-order valence-corrected chi connectivity index (χ0v) is 23.3. The van der Waals surface area contributed by atoms with Crippen LogP contribution in [0.25, 0.3) is 10.9 Å². The SMILES string of the molecule is CCCCCN(C(=O)CCc1cn(CCCCC)c2ccccc12)c1ccc(N(C)c2ccccn2)cc1. The highest BCUT2D eigenvalue weighted by molar-refractivity contribution is 5.94. The molecule has 2 aromatic carbocycles. The molecule has 0 unspecified atom stereocenters. The number of rotatable bonds is 14. The zero-order valence-electron chi connectivity index (χ0n) is 23.3. The number of carbonyl (C=O) groups is 1. The van der Waals surface area contributed by atoms with Crippen LogP contribution in [0.3, 0.4) is 0 Å². The fourth-order valence-corrected chi connectivity index (χ4v) is 5.07. The molecule has 0 spiro atoms. The number of para-hydroxylation sites is 1. The van der Waals surface area contributed by atoms with Crippen molar-refractivity contribution >= 4 is 34.0 Å². The Morgan fingerprint density at radius 2 is 1.55 bits per heavy atom. The Bertz CT molecular complexity index is 1280. The summed E-state index contributed by atoms with van der Waals surface area (Å²) in [6, 6.07) is 22.8. The van der Waals surface area contributed by atoms with Crippen LogP contribution < -0.4 is 9.80 Å². The Labute approximate surface area is 228 Å². The summed E-state index contributed by atoms with van der Waals surface area (Å²) in [5.74, 6) is 1.08. The predicted molar refractivity (Wildman–Crippen MR) is 160 cm³/mol. The van der Waals surface area contributed by atoms with Crippen LogP contribution in [0.5, 0.6) is 0 Å². The summed E-state index contributed by atoms with van der Waals surface area (Å²) in [6.07, 6.45) is 12.2. The van der Waals surface area contributed by atoms with Crippen LogP contribution >= 0.6 is 0 Å². The van der Waals surface area contributed by atoms with Gasteiger partial charge < -0.3 is 14.4 Å². The number of nitrogens with zero attached hydrogens (tertiary/aromatic N) is 4. The topological polar surface area (TPSA) is 41.4 Å². The molecule has 0 aliphatic rings. The molecule has 200 valence electrons. The van der Waals surface area contributed by atoms with Crippen LogP contribution in [0.2, 0.25) is 0 Å². The van der Waals surface area contributed by atoms with Crippen molar-refractivity contribution in [3.05, 3.63) is 84.7 Å². The number of benzene rings is 2. The quantitative estimate of drug-likeness (QED) is 0.161. The Morgan fingerprint density at radius 3 is 2.29 bits per heavy atom. The van der Waals surface area contributed by atoms with Crippen LogP contribution in [0.1, 0.15) is 64.4 Å². The number of carbonyl (C=O) groups excluding carboxylic acids is 1. The van der Waals surface area contributed by atoms with Gasteiger partial charge in [-0.1, -0.05) is 63.8 Å². The summed E-state index contributed by atoms with van der Waals surface area (Å²) >= 11 is 0. The van der Waals surface area contributed by atoms with Crippen molar-refractivity contribution in [2.45, 2.75) is 71.8 Å². The monoisotopic (exact) mass is 510 g/mol. The van der Waals surface area contributed by atoms with Gasteiger partial charge in [-0.3, -0.25) is 4.79 Å². The first kappa shape index (κ1) is 27.4. The van der Waals surface area contributed by atoms with E-state index in [1.165, 1.54) is 35.7 Å². The lowest BCUT2D eigenvalue weighted by Crippen LogP contribution is -2.32. The number of anilines is 3. The number of fused-ring (bicyclic) bond motifs is 1. The molecule has 0 bridgehead atoms. The first-order valence-corrected chi connectivity index (χ1v) is 14.2. The van der Waals surface area contributed by atoms with Crippen molar-refractivity contribution in [1.82, 2.24) is 9.55 Å². The Hall–Kier alpha value is -3.60. The van der Waals surface area contributed by atoms with Gasteiger partial charge in [0.25, 0.3) is 0 Å². The lowest BCUT2D eigenvalue weighted by molar-refractivity contribution is -0.118. The standard InChI is InChI=1S/C33H42N4O/c1-4-6-12-24-36-26-27(30-14-8-9-15-31(30)36)17-22-33(38)37(25-13-7-5-2)29-20-18-28(19-21-29)35(3)32-16-10-11-23-34-32/h8-11,14-16,18-21,23,26H,4-7,12-13,17,22,24-25H2,1-3H3. The first-order valence-electron chi connectivity index (χ1n) is 14.2. The van der Waals surface area contributed by atoms with Crippen molar-refractivity contribution in [2.24, 2.45) is 0 Å². The number of pyridine rings is 1. The maximum Gasteiger partial charge on any atom is 0.227 e. The van der Waals surface area contributed by atoms with Gasteiger partial charge in [0.05, 0.1) is 0 Å². The van der Waals surface area contributed by atoms with Crippen molar-refractivity contribution < 1.29 is 4.79 Å². The van der Waals surface area contributed by atoms with Gasteiger partial charge in [-0.2, -0.15) is 0 Å². The molecule has 1 amide bonds. The molecule has 2 heterocycles. The number of unbranched alkanes of at least 4 members (excludes halogenated alkanes) is 4. The van der Waals surface area contributed by atoms with Crippen LogP contribution in [0.15, 0.2) is 79.1 Å². The highest BCUT2D eigenvalue weighted by Gasteiger charge is 2.18. The minimum atomic E-state index is 0.190. The molecule has 4 aromatic rings. The van der Waals surface area contributed by atoms with Crippen molar-refractivity contribution in [3.8, 4) is 0 Å². The molecule has 0 atom stereocenters. The Morgan fingerprint density at radius 1 is 0.842 bits per heavy atom. The molecule has 0 radical (unpaired) electrons. The third kappa shape index (κ3) is 6.83. The normalized spacial score (nSPS) is 11.1. The highest BCUT2D eigenvalue weighted by Crippen LogP contribution is 2.27. The number of hydrogen-bond acceptors (Lipinski definition) is 3. The molecule has 5 nitrogen and oxygen atoms in total. The number of aromatic nitrogens is 2. The van der Waals surface area contributed by atoms with Crippen molar-refractivity contribution in [2.75, 3.05) is 23.4 Å². The highest BCUT2D eigenvalue weighted by atomic mass is 16.2. The average molecular weight is 511 g/mol. The number of hydrogen-bond donors (Lipinski definition) is 0. The van der Waals surface area contributed by atoms with Gasteiger partial charge in [0.15, 0.2) is 0 Å². The third-order valence-electron chi connectivity index (χ3n) is 7.31. The van der Waals surface area contributed by atoms with Gasteiger partial charge in [0, 0.05) is 61.2 Å². The molecule has 5 heteroatoms. The van der Waals surface area contributed by atoms with E-state index < -0.39 is 0 Å². The molecule has 0 N–H and O–H groups in total. The van der Waals surface area contributed by atoms with Gasteiger partial charge in [-0.25, -0.2) is 4.98 Å². The lowest BCUT2D eigenvalue weighted by atomic mass is 10.1. The molecule has 2 aromatic heterocycles. The van der Waals surface area contributed by atoms with Crippen LogP contribution in [0.4, 0.5) is 17.2 Å². The van der Waals surface area contributed by atoms with E-state index in [4.69, 9.17) is 0 Å². The fraction of sp³-hybridized carbons (Fsp3) is 0.394. The summed E-state index contributed by atoms with van der Waals surface area (Å²) < 4.78 is 2.38. The Balaban J connectivity index is 1.48. The number of amides is 1. The minimum Gasteiger partial charge on any atom is -0.347 e. The van der Waals surface area contributed by atoms with Gasteiger partial charge >= 0.3 is 0 Å². The lowest BCUT2D eigenvalue weighted by Gasteiger charge is -2.24. The summed E-state index contributed by atoms with van der Waals surface area (Å²) in [5.41, 5.74) is 4.56. The summed E-state index contributed by atoms with van der Waals surface area (Å²) in [4.78, 5) is 22.1. The van der Waals surface area contributed by atoms with E-state index in [-0.39, 0.29) is 5.91 Å². The summed E-state index contributed by atoms with van der Waals surface area (Å²) in [7, 11) is 2.01. The molecule has 4 rings (SSSR count). The van der Waals surface area contributed by atoms with Crippen molar-refractivity contribution in [3.63, 3.8) is 0 Å². The van der Waals surface area contributed by atoms with E-state index in [0.29, 0.717) is 6.42 Å². The van der Waals surface area contributed by atoms with Gasteiger partial charge in [0.1, 0.15) is 5.82 Å². The maximum atomic E-state index is 13.6. The van der Waals surface area contributed by atoms with Gasteiger partial charge in [0.2, 0.25) is 5.91 Å². The number of aryl methyl sites for hydroxylation is 2. The third-order valence-corrected chi connectivity index (χ3v) is 7.31. The molecule has 0 aliphatic heterocycles. The summed E-state index contributed by atoms with van der Waals surface area (Å²) in [6.45, 7) is 6.22. The molecular weight excluding hydrogens is 468 g/mol. The van der Waals surface area contributed by atoms with Crippen molar-refractivity contribution in [1.29, 1.82) is 0 Å². The second-order valence-electron chi connectivity index (χ2n) is 10.1. The summed E-state index contributed by atoms with van der Waals surface area (Å²) in [5, 5.41) is 1.27. The smallest absolute Gasteiger partial charge is 0.227 e. The van der Waals surface area contributed by atoms with Crippen LogP contribution in [-0.2, 0) is 17.8 Å².